The first-order valence-corrected chi connectivity index (χ1v) is 6.55. The summed E-state index contributed by atoms with van der Waals surface area (Å²) >= 11 is 0. The number of hydrogen-bond donors (Lipinski definition) is 1. The van der Waals surface area contributed by atoms with E-state index in [1.165, 1.54) is 36.8 Å². The lowest BCUT2D eigenvalue weighted by Gasteiger charge is -2.21. The van der Waals surface area contributed by atoms with Crippen molar-refractivity contribution in [2.75, 3.05) is 6.61 Å². The summed E-state index contributed by atoms with van der Waals surface area (Å²) in [7, 11) is 0. The van der Waals surface area contributed by atoms with E-state index in [9.17, 15) is 5.11 Å². The highest BCUT2D eigenvalue weighted by Gasteiger charge is 2.25. The lowest BCUT2D eigenvalue weighted by atomic mass is 9.85. The van der Waals surface area contributed by atoms with Crippen LogP contribution >= 0.6 is 0 Å². The topological polar surface area (TPSA) is 20.2 Å². The molecule has 1 N–H and O–H groups in total. The van der Waals surface area contributed by atoms with Gasteiger partial charge in [-0.15, -0.1) is 0 Å². The van der Waals surface area contributed by atoms with Crippen LogP contribution in [0.4, 0.5) is 0 Å². The second kappa shape index (κ2) is 5.49. The molecule has 1 heteroatoms. The molecule has 1 atom stereocenters. The molecule has 1 aliphatic carbocycles. The number of aryl methyl sites for hydroxylation is 1. The molecular formula is C15H22O. The minimum atomic E-state index is 0.302. The summed E-state index contributed by atoms with van der Waals surface area (Å²) in [5.74, 6) is 1.07. The number of aliphatic hydroxyl groups is 1. The fourth-order valence-electron chi connectivity index (χ4n) is 2.89. The van der Waals surface area contributed by atoms with Crippen molar-refractivity contribution in [3.8, 4) is 0 Å². The van der Waals surface area contributed by atoms with E-state index in [2.05, 4.69) is 31.2 Å². The Hall–Kier alpha value is -0.820. The Morgan fingerprint density at radius 3 is 2.31 bits per heavy atom. The van der Waals surface area contributed by atoms with Crippen molar-refractivity contribution in [3.63, 3.8) is 0 Å². The van der Waals surface area contributed by atoms with Gasteiger partial charge in [0.25, 0.3) is 0 Å². The summed E-state index contributed by atoms with van der Waals surface area (Å²) in [6.45, 7) is 2.48. The van der Waals surface area contributed by atoms with Crippen LogP contribution in [-0.2, 0) is 6.42 Å². The van der Waals surface area contributed by atoms with Crippen molar-refractivity contribution in [1.29, 1.82) is 0 Å². The van der Waals surface area contributed by atoms with Gasteiger partial charge in [-0.1, -0.05) is 44.0 Å². The molecule has 1 fully saturated rings. The van der Waals surface area contributed by atoms with Gasteiger partial charge in [-0.25, -0.2) is 0 Å². The second-order valence-electron chi connectivity index (χ2n) is 4.93. The highest BCUT2D eigenvalue weighted by molar-refractivity contribution is 5.26. The summed E-state index contributed by atoms with van der Waals surface area (Å²) in [4.78, 5) is 0. The maximum atomic E-state index is 9.57. The maximum absolute atomic E-state index is 9.57. The van der Waals surface area contributed by atoms with Crippen LogP contribution in [0.2, 0.25) is 0 Å². The molecule has 1 aliphatic rings. The molecule has 1 aromatic carbocycles. The predicted octanol–water partition coefficient (Wildman–Crippen LogP) is 3.52. The van der Waals surface area contributed by atoms with Gasteiger partial charge in [-0.2, -0.15) is 0 Å². The molecule has 1 aromatic rings. The minimum absolute atomic E-state index is 0.302. The average Bonchev–Trinajstić information content (AvgIpc) is 2.85. The van der Waals surface area contributed by atoms with Gasteiger partial charge in [0.05, 0.1) is 6.61 Å². The van der Waals surface area contributed by atoms with Crippen molar-refractivity contribution in [3.05, 3.63) is 35.4 Å². The molecule has 0 bridgehead atoms. The van der Waals surface area contributed by atoms with Crippen LogP contribution in [0.1, 0.15) is 49.7 Å². The van der Waals surface area contributed by atoms with Crippen molar-refractivity contribution in [2.45, 2.75) is 44.9 Å². The van der Waals surface area contributed by atoms with Crippen LogP contribution in [0.25, 0.3) is 0 Å². The normalized spacial score (nSPS) is 18.9. The minimum Gasteiger partial charge on any atom is -0.396 e. The van der Waals surface area contributed by atoms with Gasteiger partial charge in [0.1, 0.15) is 0 Å². The third-order valence-electron chi connectivity index (χ3n) is 3.98. The van der Waals surface area contributed by atoms with Crippen molar-refractivity contribution >= 4 is 0 Å². The zero-order valence-electron chi connectivity index (χ0n) is 10.2. The van der Waals surface area contributed by atoms with Gasteiger partial charge in [0, 0.05) is 5.92 Å². The van der Waals surface area contributed by atoms with Crippen LogP contribution < -0.4 is 0 Å². The Bertz CT molecular complexity index is 309. The van der Waals surface area contributed by atoms with E-state index in [1.807, 2.05) is 0 Å². The van der Waals surface area contributed by atoms with E-state index >= 15 is 0 Å². The van der Waals surface area contributed by atoms with E-state index < -0.39 is 0 Å². The van der Waals surface area contributed by atoms with Gasteiger partial charge in [-0.05, 0) is 36.3 Å². The number of rotatable bonds is 4. The highest BCUT2D eigenvalue weighted by Crippen LogP contribution is 2.36. The Morgan fingerprint density at radius 2 is 1.81 bits per heavy atom. The van der Waals surface area contributed by atoms with Gasteiger partial charge < -0.3 is 5.11 Å². The van der Waals surface area contributed by atoms with Gasteiger partial charge >= 0.3 is 0 Å². The van der Waals surface area contributed by atoms with Gasteiger partial charge in [0.2, 0.25) is 0 Å². The third kappa shape index (κ3) is 2.46. The van der Waals surface area contributed by atoms with Crippen molar-refractivity contribution in [1.82, 2.24) is 0 Å². The monoisotopic (exact) mass is 218 g/mol. The van der Waals surface area contributed by atoms with E-state index in [-0.39, 0.29) is 0 Å². The first kappa shape index (κ1) is 11.7. The Labute approximate surface area is 98.5 Å². The lowest BCUT2D eigenvalue weighted by molar-refractivity contribution is 0.226. The molecule has 1 nitrogen and oxygen atoms in total. The number of benzene rings is 1. The third-order valence-corrected chi connectivity index (χ3v) is 3.98. The summed E-state index contributed by atoms with van der Waals surface area (Å²) in [5.41, 5.74) is 2.71. The molecule has 0 aromatic heterocycles. The quantitative estimate of drug-likeness (QED) is 0.820. The number of hydrogen-bond acceptors (Lipinski definition) is 1. The zero-order chi connectivity index (χ0) is 11.4. The first-order chi connectivity index (χ1) is 7.85. The van der Waals surface area contributed by atoms with Crippen LogP contribution in [0.15, 0.2) is 24.3 Å². The summed E-state index contributed by atoms with van der Waals surface area (Å²) in [5, 5.41) is 9.57. The van der Waals surface area contributed by atoms with Crippen LogP contribution in [-0.4, -0.2) is 11.7 Å². The molecule has 1 saturated carbocycles. The molecule has 0 spiro atoms. The number of aliphatic hydroxyl groups excluding tert-OH is 1. The Balaban J connectivity index is 2.12. The molecule has 0 saturated heterocycles. The van der Waals surface area contributed by atoms with Gasteiger partial charge in [0.15, 0.2) is 0 Å². The first-order valence-electron chi connectivity index (χ1n) is 6.55. The van der Waals surface area contributed by atoms with E-state index in [0.29, 0.717) is 18.4 Å². The Morgan fingerprint density at radius 1 is 1.19 bits per heavy atom. The molecule has 2 rings (SSSR count). The molecule has 88 valence electrons. The van der Waals surface area contributed by atoms with E-state index in [4.69, 9.17) is 0 Å². The van der Waals surface area contributed by atoms with Crippen molar-refractivity contribution < 1.29 is 5.11 Å². The summed E-state index contributed by atoms with van der Waals surface area (Å²) < 4.78 is 0. The molecule has 0 amide bonds. The fraction of sp³-hybridized carbons (Fsp3) is 0.600. The van der Waals surface area contributed by atoms with E-state index in [0.717, 1.165) is 6.42 Å². The molecule has 1 unspecified atom stereocenters. The molecule has 0 aliphatic heterocycles. The zero-order valence-corrected chi connectivity index (χ0v) is 10.2. The molecule has 0 radical (unpaired) electrons. The fourth-order valence-corrected chi connectivity index (χ4v) is 2.89. The highest BCUT2D eigenvalue weighted by atomic mass is 16.3. The molecule has 0 heterocycles. The van der Waals surface area contributed by atoms with Crippen LogP contribution in [0.3, 0.4) is 0 Å². The van der Waals surface area contributed by atoms with Crippen molar-refractivity contribution in [2.24, 2.45) is 5.92 Å². The smallest absolute Gasteiger partial charge is 0.0502 e. The van der Waals surface area contributed by atoms with Crippen LogP contribution in [0, 0.1) is 5.92 Å². The summed E-state index contributed by atoms with van der Waals surface area (Å²) in [6, 6.07) is 8.82. The summed E-state index contributed by atoms with van der Waals surface area (Å²) in [6.07, 6.45) is 6.36. The van der Waals surface area contributed by atoms with E-state index in [1.54, 1.807) is 0 Å². The second-order valence-corrected chi connectivity index (χ2v) is 4.93. The SMILES string of the molecule is CCc1ccc(C(CO)C2CCCC2)cc1. The predicted molar refractivity (Wildman–Crippen MR) is 67.6 cm³/mol. The largest absolute Gasteiger partial charge is 0.396 e. The molecular weight excluding hydrogens is 196 g/mol. The van der Waals surface area contributed by atoms with Crippen LogP contribution in [0.5, 0.6) is 0 Å². The molecule has 16 heavy (non-hydrogen) atoms. The Kier molecular flexibility index (Phi) is 4.00. The van der Waals surface area contributed by atoms with Gasteiger partial charge in [-0.3, -0.25) is 0 Å². The standard InChI is InChI=1S/C15H22O/c1-2-12-7-9-14(10-8-12)15(11-16)13-5-3-4-6-13/h7-10,13,15-16H,2-6,11H2,1H3. The maximum Gasteiger partial charge on any atom is 0.0502 e. The lowest BCUT2D eigenvalue weighted by Crippen LogP contribution is -2.13. The average molecular weight is 218 g/mol.